The van der Waals surface area contributed by atoms with Crippen molar-refractivity contribution in [1.82, 2.24) is 0 Å². The minimum absolute atomic E-state index is 1.29. The molecule has 0 saturated heterocycles. The Hall–Kier alpha value is -1.34. The van der Waals surface area contributed by atoms with Crippen molar-refractivity contribution in [3.63, 3.8) is 0 Å². The van der Waals surface area contributed by atoms with Crippen LogP contribution in [0, 0.1) is 6.55 Å². The van der Waals surface area contributed by atoms with Crippen molar-refractivity contribution in [3.8, 4) is 0 Å². The maximum absolute atomic E-state index is 6.26. The van der Waals surface area contributed by atoms with Crippen LogP contribution in [0.3, 0.4) is 0 Å². The number of rotatable bonds is 2. The van der Waals surface area contributed by atoms with E-state index in [1.165, 1.54) is 10.4 Å². The van der Waals surface area contributed by atoms with Gasteiger partial charge in [0.15, 0.2) is 0 Å². The highest BCUT2D eigenvalue weighted by molar-refractivity contribution is 6.86. The van der Waals surface area contributed by atoms with Gasteiger partial charge in [0, 0.05) is 0 Å². The lowest BCUT2D eigenvalue weighted by atomic mass is 10.4. The van der Waals surface area contributed by atoms with Crippen LogP contribution in [0.2, 0.25) is 0 Å². The van der Waals surface area contributed by atoms with Gasteiger partial charge in [0.05, 0.1) is 0 Å². The van der Waals surface area contributed by atoms with Gasteiger partial charge in [-0.15, -0.1) is 0 Å². The van der Waals surface area contributed by atoms with Gasteiger partial charge in [0.2, 0.25) is 0 Å². The third kappa shape index (κ3) is 1.94. The molecule has 0 heterocycles. The van der Waals surface area contributed by atoms with Gasteiger partial charge in [0.25, 0.3) is 0 Å². The van der Waals surface area contributed by atoms with Crippen LogP contribution in [-0.4, -0.2) is 8.80 Å². The second-order valence-electron chi connectivity index (χ2n) is 3.30. The van der Waals surface area contributed by atoms with Crippen LogP contribution in [0.1, 0.15) is 0 Å². The number of hydrogen-bond donors (Lipinski definition) is 0. The Labute approximate surface area is 86.8 Å². The summed E-state index contributed by atoms with van der Waals surface area (Å²) in [6, 6.07) is 20.7. The summed E-state index contributed by atoms with van der Waals surface area (Å²) in [5.74, 6) is 0. The maximum atomic E-state index is 6.26. The van der Waals surface area contributed by atoms with Crippen LogP contribution in [0.25, 0.3) is 0 Å². The van der Waals surface area contributed by atoms with Crippen LogP contribution < -0.4 is 10.4 Å². The number of hydrogen-bond acceptors (Lipinski definition) is 0. The van der Waals surface area contributed by atoms with E-state index in [-0.39, 0.29) is 0 Å². The first kappa shape index (κ1) is 9.22. The molecule has 14 heavy (non-hydrogen) atoms. The third-order valence-electron chi connectivity index (χ3n) is 2.32. The average Bonchev–Trinajstić information content (AvgIpc) is 2.30. The van der Waals surface area contributed by atoms with Crippen molar-refractivity contribution in [2.45, 2.75) is 0 Å². The van der Waals surface area contributed by atoms with E-state index in [1.807, 2.05) is 36.4 Å². The molecule has 68 valence electrons. The summed E-state index contributed by atoms with van der Waals surface area (Å²) in [7, 11) is -1.42. The molecule has 0 nitrogen and oxygen atoms in total. The molecule has 0 N–H and O–H groups in total. The van der Waals surface area contributed by atoms with Gasteiger partial charge in [-0.2, -0.15) is 0 Å². The maximum Gasteiger partial charge on any atom is 0.106 e. The zero-order valence-corrected chi connectivity index (χ0v) is 9.08. The predicted octanol–water partition coefficient (Wildman–Crippen LogP) is 1.28. The fourth-order valence-corrected chi connectivity index (χ4v) is 3.17. The molecule has 0 aliphatic heterocycles. The van der Waals surface area contributed by atoms with Crippen LogP contribution in [0.4, 0.5) is 0 Å². The van der Waals surface area contributed by atoms with Gasteiger partial charge in [-0.25, -0.2) is 0 Å². The first-order valence-electron chi connectivity index (χ1n) is 4.73. The zero-order chi connectivity index (χ0) is 9.80. The Morgan fingerprint density at radius 2 is 1.00 bits per heavy atom. The fourth-order valence-electron chi connectivity index (χ4n) is 1.51. The summed E-state index contributed by atoms with van der Waals surface area (Å²) >= 11 is 0. The van der Waals surface area contributed by atoms with Gasteiger partial charge >= 0.3 is 0 Å². The highest BCUT2D eigenvalue weighted by Gasteiger charge is 2.08. The summed E-state index contributed by atoms with van der Waals surface area (Å²) in [5.41, 5.74) is 0. The summed E-state index contributed by atoms with van der Waals surface area (Å²) in [4.78, 5) is 0. The summed E-state index contributed by atoms with van der Waals surface area (Å²) in [5, 5.41) is 2.58. The average molecular weight is 196 g/mol. The van der Waals surface area contributed by atoms with E-state index in [2.05, 4.69) is 24.3 Å². The van der Waals surface area contributed by atoms with Gasteiger partial charge in [-0.3, -0.25) is 0 Å². The molecule has 0 aliphatic carbocycles. The van der Waals surface area contributed by atoms with Gasteiger partial charge in [0.1, 0.15) is 8.80 Å². The Morgan fingerprint density at radius 3 is 1.36 bits per heavy atom. The van der Waals surface area contributed by atoms with Gasteiger partial charge in [-0.05, 0) is 6.55 Å². The van der Waals surface area contributed by atoms with Crippen LogP contribution >= 0.6 is 0 Å². The van der Waals surface area contributed by atoms with E-state index in [9.17, 15) is 0 Å². The Balaban J connectivity index is 2.30. The van der Waals surface area contributed by atoms with Crippen LogP contribution in [0.5, 0.6) is 0 Å². The third-order valence-corrected chi connectivity index (χ3v) is 4.52. The molecule has 0 aliphatic rings. The second-order valence-corrected chi connectivity index (χ2v) is 5.59. The van der Waals surface area contributed by atoms with Crippen molar-refractivity contribution in [1.29, 1.82) is 0 Å². The van der Waals surface area contributed by atoms with Crippen molar-refractivity contribution < 1.29 is 0 Å². The second kappa shape index (κ2) is 4.25. The molecule has 2 aromatic rings. The van der Waals surface area contributed by atoms with Crippen molar-refractivity contribution in [3.05, 3.63) is 67.2 Å². The van der Waals surface area contributed by atoms with E-state index in [0.29, 0.717) is 0 Å². The smallest absolute Gasteiger partial charge is 0.0629 e. The standard InChI is InChI=1S/C13H12Si/c1-14(12-8-4-2-5-9-12)13-10-6-3-7-11-13/h1-11,14H. The van der Waals surface area contributed by atoms with Crippen molar-refractivity contribution in [2.75, 3.05) is 0 Å². The molecule has 2 rings (SSSR count). The normalized spacial score (nSPS) is 10.4. The highest BCUT2D eigenvalue weighted by atomic mass is 28.3. The van der Waals surface area contributed by atoms with Crippen molar-refractivity contribution in [2.24, 2.45) is 0 Å². The first-order chi connectivity index (χ1) is 6.88. The summed E-state index contributed by atoms with van der Waals surface area (Å²) < 4.78 is 0. The quantitative estimate of drug-likeness (QED) is 0.635. The lowest BCUT2D eigenvalue weighted by molar-refractivity contribution is 1.73. The molecular formula is C13H12Si. The first-order valence-corrected chi connectivity index (χ1v) is 6.55. The monoisotopic (exact) mass is 196 g/mol. The topological polar surface area (TPSA) is 0 Å². The predicted molar refractivity (Wildman–Crippen MR) is 63.6 cm³/mol. The van der Waals surface area contributed by atoms with Gasteiger partial charge in [-0.1, -0.05) is 71.0 Å². The summed E-state index contributed by atoms with van der Waals surface area (Å²) in [6.07, 6.45) is 0. The minimum Gasteiger partial charge on any atom is -0.0629 e. The SMILES string of the molecule is [CH][SiH](c1ccccc1)c1ccccc1. The molecule has 0 fully saturated rings. The Bertz CT molecular complexity index is 341. The van der Waals surface area contributed by atoms with E-state index < -0.39 is 8.80 Å². The number of benzene rings is 2. The largest absolute Gasteiger partial charge is 0.106 e. The van der Waals surface area contributed by atoms with Gasteiger partial charge < -0.3 is 0 Å². The Kier molecular flexibility index (Phi) is 2.80. The molecular weight excluding hydrogens is 184 g/mol. The summed E-state index contributed by atoms with van der Waals surface area (Å²) in [6.45, 7) is 6.26. The van der Waals surface area contributed by atoms with E-state index in [4.69, 9.17) is 6.55 Å². The molecule has 0 atom stereocenters. The molecule has 1 heteroatoms. The van der Waals surface area contributed by atoms with E-state index in [0.717, 1.165) is 0 Å². The lowest BCUT2D eigenvalue weighted by Gasteiger charge is -2.09. The molecule has 0 aromatic heterocycles. The molecule has 2 radical (unpaired) electrons. The van der Waals surface area contributed by atoms with Crippen molar-refractivity contribution >= 4 is 19.2 Å². The molecule has 0 saturated carbocycles. The molecule has 0 unspecified atom stereocenters. The van der Waals surface area contributed by atoms with E-state index in [1.54, 1.807) is 0 Å². The molecule has 2 aromatic carbocycles. The fraction of sp³-hybridized carbons (Fsp3) is 0. The van der Waals surface area contributed by atoms with E-state index >= 15 is 0 Å². The van der Waals surface area contributed by atoms with Crippen LogP contribution in [0.15, 0.2) is 60.7 Å². The molecule has 0 bridgehead atoms. The molecule has 0 spiro atoms. The zero-order valence-electron chi connectivity index (χ0n) is 7.93. The Morgan fingerprint density at radius 1 is 0.643 bits per heavy atom. The molecule has 0 amide bonds. The van der Waals surface area contributed by atoms with Crippen LogP contribution in [-0.2, 0) is 0 Å². The highest BCUT2D eigenvalue weighted by Crippen LogP contribution is 1.90. The lowest BCUT2D eigenvalue weighted by Crippen LogP contribution is -2.39. The minimum atomic E-state index is -1.42.